The lowest BCUT2D eigenvalue weighted by atomic mass is 10.6. The van der Waals surface area contributed by atoms with Gasteiger partial charge in [-0.05, 0) is 28.6 Å². The molecule has 21 heavy (non-hydrogen) atoms. The summed E-state index contributed by atoms with van der Waals surface area (Å²) in [6.07, 6.45) is 2.90. The predicted octanol–water partition coefficient (Wildman–Crippen LogP) is 1.94. The molecule has 3 aromatic heterocycles. The Bertz CT molecular complexity index is 825. The van der Waals surface area contributed by atoms with Crippen LogP contribution in [0.2, 0.25) is 0 Å². The molecule has 0 unspecified atom stereocenters. The molecular weight excluding hydrogens is 294 g/mol. The van der Waals surface area contributed by atoms with E-state index in [4.69, 9.17) is 0 Å². The summed E-state index contributed by atoms with van der Waals surface area (Å²) < 4.78 is 1.78. The number of nitrogens with zero attached hydrogens (tertiary/aromatic N) is 6. The van der Waals surface area contributed by atoms with Crippen LogP contribution in [0.15, 0.2) is 22.7 Å². The molecule has 3 aromatic rings. The second kappa shape index (κ2) is 5.13. The molecule has 0 saturated carbocycles. The zero-order valence-corrected chi connectivity index (χ0v) is 12.1. The van der Waals surface area contributed by atoms with E-state index in [2.05, 4.69) is 24.9 Å². The molecule has 0 bridgehead atoms. The van der Waals surface area contributed by atoms with Crippen molar-refractivity contribution >= 4 is 28.7 Å². The highest BCUT2D eigenvalue weighted by molar-refractivity contribution is 7.99. The molecule has 0 fully saturated rings. The second-order valence-corrected chi connectivity index (χ2v) is 5.15. The van der Waals surface area contributed by atoms with E-state index in [-0.39, 0.29) is 5.82 Å². The average Bonchev–Trinajstić information content (AvgIpc) is 3.04. The molecule has 0 amide bonds. The Morgan fingerprint density at radius 1 is 1.43 bits per heavy atom. The molecule has 0 saturated heterocycles. The van der Waals surface area contributed by atoms with Crippen molar-refractivity contribution in [1.82, 2.24) is 29.5 Å². The Balaban J connectivity index is 2.13. The van der Waals surface area contributed by atoms with Crippen LogP contribution in [0.4, 0.5) is 5.82 Å². The van der Waals surface area contributed by atoms with Crippen LogP contribution in [0, 0.1) is 17.0 Å². The van der Waals surface area contributed by atoms with E-state index < -0.39 is 4.92 Å². The van der Waals surface area contributed by atoms with Gasteiger partial charge in [0.25, 0.3) is 0 Å². The number of imidazole rings is 2. The summed E-state index contributed by atoms with van der Waals surface area (Å²) in [7, 11) is 0. The largest absolute Gasteiger partial charge is 0.396 e. The average molecular weight is 305 g/mol. The van der Waals surface area contributed by atoms with Crippen LogP contribution in [0.5, 0.6) is 0 Å². The monoisotopic (exact) mass is 305 g/mol. The summed E-state index contributed by atoms with van der Waals surface area (Å²) >= 11 is 1.19. The molecule has 9 nitrogen and oxygen atoms in total. The SMILES string of the molecule is CCn1c(C)nc([N+](=O)[O-])c1Sc1ncnc2nc[nH]c12. The number of nitrogens with one attached hydrogen (secondary N) is 1. The number of hydrogen-bond acceptors (Lipinski definition) is 7. The van der Waals surface area contributed by atoms with E-state index >= 15 is 0 Å². The number of nitro groups is 1. The summed E-state index contributed by atoms with van der Waals surface area (Å²) in [5, 5.41) is 12.2. The van der Waals surface area contributed by atoms with Crippen molar-refractivity contribution in [3.63, 3.8) is 0 Å². The number of fused-ring (bicyclic) bond motifs is 1. The fraction of sp³-hybridized carbons (Fsp3) is 0.273. The fourth-order valence-corrected chi connectivity index (χ4v) is 3.15. The standard InChI is InChI=1S/C11H11N7O2S/c1-3-17-6(2)16-9(18(19)20)11(17)21-10-7-8(13-4-12-7)14-5-15-10/h4-5H,3H2,1-2H3,(H,12,13,14,15). The highest BCUT2D eigenvalue weighted by Crippen LogP contribution is 2.36. The van der Waals surface area contributed by atoms with Crippen molar-refractivity contribution in [3.8, 4) is 0 Å². The van der Waals surface area contributed by atoms with Crippen molar-refractivity contribution in [3.05, 3.63) is 28.6 Å². The minimum absolute atomic E-state index is 0.161. The minimum Gasteiger partial charge on any atom is -0.358 e. The quantitative estimate of drug-likeness (QED) is 0.445. The summed E-state index contributed by atoms with van der Waals surface area (Å²) in [5.74, 6) is 0.437. The van der Waals surface area contributed by atoms with Crippen LogP contribution in [0.1, 0.15) is 12.7 Å². The van der Waals surface area contributed by atoms with E-state index in [1.807, 2.05) is 6.92 Å². The van der Waals surface area contributed by atoms with Crippen molar-refractivity contribution in [1.29, 1.82) is 0 Å². The Hall–Kier alpha value is -2.49. The molecule has 0 aromatic carbocycles. The van der Waals surface area contributed by atoms with Crippen LogP contribution in [0.25, 0.3) is 11.2 Å². The molecule has 0 spiro atoms. The molecule has 0 atom stereocenters. The molecule has 3 heterocycles. The maximum absolute atomic E-state index is 11.2. The van der Waals surface area contributed by atoms with E-state index in [1.54, 1.807) is 11.5 Å². The van der Waals surface area contributed by atoms with Gasteiger partial charge < -0.3 is 15.1 Å². The van der Waals surface area contributed by atoms with Crippen LogP contribution >= 0.6 is 11.8 Å². The van der Waals surface area contributed by atoms with E-state index in [0.717, 1.165) is 0 Å². The van der Waals surface area contributed by atoms with Gasteiger partial charge in [-0.3, -0.25) is 4.57 Å². The van der Waals surface area contributed by atoms with Crippen LogP contribution in [-0.4, -0.2) is 34.4 Å². The van der Waals surface area contributed by atoms with Gasteiger partial charge in [-0.2, -0.15) is 0 Å². The molecule has 3 rings (SSSR count). The first-order valence-corrected chi connectivity index (χ1v) is 6.97. The second-order valence-electron chi connectivity index (χ2n) is 4.17. The van der Waals surface area contributed by atoms with E-state index in [0.29, 0.717) is 33.6 Å². The minimum atomic E-state index is -0.479. The molecule has 0 aliphatic rings. The maximum Gasteiger partial charge on any atom is 0.396 e. The van der Waals surface area contributed by atoms with Crippen LogP contribution in [-0.2, 0) is 6.54 Å². The first kappa shape index (κ1) is 13.5. The van der Waals surface area contributed by atoms with Crippen LogP contribution in [0.3, 0.4) is 0 Å². The molecule has 1 N–H and O–H groups in total. The van der Waals surface area contributed by atoms with Gasteiger partial charge >= 0.3 is 5.82 Å². The Morgan fingerprint density at radius 3 is 2.95 bits per heavy atom. The number of rotatable bonds is 4. The third kappa shape index (κ3) is 2.23. The van der Waals surface area contributed by atoms with Gasteiger partial charge in [0.1, 0.15) is 16.9 Å². The topological polar surface area (TPSA) is 115 Å². The Labute approximate surface area is 123 Å². The molecular formula is C11H11N7O2S. The summed E-state index contributed by atoms with van der Waals surface area (Å²) in [6.45, 7) is 4.24. The van der Waals surface area contributed by atoms with Crippen molar-refractivity contribution in [2.45, 2.75) is 30.4 Å². The lowest BCUT2D eigenvalue weighted by molar-refractivity contribution is -0.392. The number of hydrogen-bond donors (Lipinski definition) is 1. The molecule has 108 valence electrons. The highest BCUT2D eigenvalue weighted by Gasteiger charge is 2.26. The smallest absolute Gasteiger partial charge is 0.358 e. The zero-order chi connectivity index (χ0) is 15.0. The number of aromatic amines is 1. The number of aryl methyl sites for hydroxylation is 1. The van der Waals surface area contributed by atoms with Gasteiger partial charge in [0.2, 0.25) is 5.82 Å². The van der Waals surface area contributed by atoms with Crippen molar-refractivity contribution in [2.24, 2.45) is 0 Å². The first-order chi connectivity index (χ1) is 10.1. The molecule has 10 heteroatoms. The molecule has 0 aliphatic heterocycles. The number of aromatic nitrogens is 6. The van der Waals surface area contributed by atoms with Gasteiger partial charge in [-0.15, -0.1) is 0 Å². The lowest BCUT2D eigenvalue weighted by Crippen LogP contribution is -2.00. The predicted molar refractivity (Wildman–Crippen MR) is 75.1 cm³/mol. The highest BCUT2D eigenvalue weighted by atomic mass is 32.2. The first-order valence-electron chi connectivity index (χ1n) is 6.15. The van der Waals surface area contributed by atoms with Crippen molar-refractivity contribution in [2.75, 3.05) is 0 Å². The maximum atomic E-state index is 11.2. The summed E-state index contributed by atoms with van der Waals surface area (Å²) in [4.78, 5) is 29.9. The van der Waals surface area contributed by atoms with Crippen LogP contribution < -0.4 is 0 Å². The van der Waals surface area contributed by atoms with Gasteiger partial charge in [-0.25, -0.2) is 15.0 Å². The van der Waals surface area contributed by atoms with E-state index in [9.17, 15) is 10.1 Å². The van der Waals surface area contributed by atoms with E-state index in [1.165, 1.54) is 24.4 Å². The number of H-pyrrole nitrogens is 1. The normalized spacial score (nSPS) is 11.1. The molecule has 0 aliphatic carbocycles. The Morgan fingerprint density at radius 2 is 2.24 bits per heavy atom. The Kier molecular flexibility index (Phi) is 3.29. The fourth-order valence-electron chi connectivity index (χ4n) is 2.03. The summed E-state index contributed by atoms with van der Waals surface area (Å²) in [5.41, 5.74) is 1.17. The summed E-state index contributed by atoms with van der Waals surface area (Å²) in [6, 6.07) is 0. The lowest BCUT2D eigenvalue weighted by Gasteiger charge is -2.04. The zero-order valence-electron chi connectivity index (χ0n) is 11.3. The van der Waals surface area contributed by atoms with Gasteiger partial charge in [-0.1, -0.05) is 0 Å². The third-order valence-corrected chi connectivity index (χ3v) is 4.06. The third-order valence-electron chi connectivity index (χ3n) is 2.97. The van der Waals surface area contributed by atoms with Gasteiger partial charge in [0.15, 0.2) is 10.7 Å². The van der Waals surface area contributed by atoms with Gasteiger partial charge in [0.05, 0.1) is 6.33 Å². The molecule has 0 radical (unpaired) electrons. The van der Waals surface area contributed by atoms with Crippen molar-refractivity contribution < 1.29 is 4.92 Å². The van der Waals surface area contributed by atoms with Gasteiger partial charge in [0, 0.05) is 13.5 Å².